The van der Waals surface area contributed by atoms with Crippen LogP contribution < -0.4 is 14.8 Å². The predicted molar refractivity (Wildman–Crippen MR) is 123 cm³/mol. The van der Waals surface area contributed by atoms with Crippen molar-refractivity contribution < 1.29 is 13.9 Å². The summed E-state index contributed by atoms with van der Waals surface area (Å²) in [5.41, 5.74) is 4.21. The second kappa shape index (κ2) is 10.7. The van der Waals surface area contributed by atoms with E-state index in [2.05, 4.69) is 20.8 Å². The first-order valence-corrected chi connectivity index (χ1v) is 10.7. The minimum absolute atomic E-state index is 0.201. The highest BCUT2D eigenvalue weighted by Crippen LogP contribution is 2.29. The van der Waals surface area contributed by atoms with Gasteiger partial charge in [-0.05, 0) is 77.8 Å². The van der Waals surface area contributed by atoms with Gasteiger partial charge in [-0.3, -0.25) is 0 Å². The summed E-state index contributed by atoms with van der Waals surface area (Å²) < 4.78 is 26.1. The van der Waals surface area contributed by atoms with E-state index in [1.54, 1.807) is 23.9 Å². The Bertz CT molecular complexity index is 1180. The largest absolute Gasteiger partial charge is 0.493 e. The molecule has 1 N–H and O–H groups in total. The average molecular weight is 448 g/mol. The summed E-state index contributed by atoms with van der Waals surface area (Å²) in [4.78, 5) is 0. The van der Waals surface area contributed by atoms with Crippen molar-refractivity contribution in [1.82, 2.24) is 25.5 Å². The van der Waals surface area contributed by atoms with E-state index >= 15 is 0 Å². The van der Waals surface area contributed by atoms with Gasteiger partial charge in [-0.2, -0.15) is 4.68 Å². The molecule has 1 aromatic heterocycles. The molecule has 0 unspecified atom stereocenters. The molecule has 0 radical (unpaired) electrons. The van der Waals surface area contributed by atoms with Gasteiger partial charge in [0.25, 0.3) is 0 Å². The second-order valence-electron chi connectivity index (χ2n) is 7.67. The first-order chi connectivity index (χ1) is 16.1. The van der Waals surface area contributed by atoms with Crippen molar-refractivity contribution in [3.63, 3.8) is 0 Å². The smallest absolute Gasteiger partial charge is 0.194 e. The lowest BCUT2D eigenvalue weighted by molar-refractivity contribution is 0.273. The summed E-state index contributed by atoms with van der Waals surface area (Å²) in [6.07, 6.45) is 0.828. The first-order valence-electron chi connectivity index (χ1n) is 10.7. The molecule has 0 spiro atoms. The highest BCUT2D eigenvalue weighted by atomic mass is 19.1. The maximum atomic E-state index is 13.0. The minimum Gasteiger partial charge on any atom is -0.493 e. The maximum absolute atomic E-state index is 13.0. The highest BCUT2D eigenvalue weighted by Gasteiger charge is 2.12. The van der Waals surface area contributed by atoms with Crippen LogP contribution in [0.4, 0.5) is 4.39 Å². The summed E-state index contributed by atoms with van der Waals surface area (Å²) in [5, 5.41) is 15.3. The fourth-order valence-corrected chi connectivity index (χ4v) is 3.38. The Balaban J connectivity index is 1.33. The van der Waals surface area contributed by atoms with Crippen molar-refractivity contribution in [2.75, 3.05) is 13.7 Å². The van der Waals surface area contributed by atoms with Gasteiger partial charge < -0.3 is 14.8 Å². The quantitative estimate of drug-likeness (QED) is 0.370. The zero-order chi connectivity index (χ0) is 23.0. The molecule has 7 nitrogen and oxygen atoms in total. The van der Waals surface area contributed by atoms with Gasteiger partial charge in [0.2, 0.25) is 0 Å². The molecule has 3 aromatic carbocycles. The Morgan fingerprint density at radius 2 is 1.70 bits per heavy atom. The molecular weight excluding hydrogens is 421 g/mol. The number of aromatic nitrogens is 4. The van der Waals surface area contributed by atoms with E-state index in [0.29, 0.717) is 23.9 Å². The lowest BCUT2D eigenvalue weighted by Crippen LogP contribution is -2.16. The summed E-state index contributed by atoms with van der Waals surface area (Å²) in [7, 11) is 1.62. The number of tetrazole rings is 1. The van der Waals surface area contributed by atoms with Gasteiger partial charge in [0.15, 0.2) is 23.9 Å². The fourth-order valence-electron chi connectivity index (χ4n) is 3.38. The van der Waals surface area contributed by atoms with E-state index in [4.69, 9.17) is 9.47 Å². The van der Waals surface area contributed by atoms with Crippen LogP contribution in [0.3, 0.4) is 0 Å². The van der Waals surface area contributed by atoms with Crippen LogP contribution in [0.15, 0.2) is 66.7 Å². The Morgan fingerprint density at radius 1 is 0.939 bits per heavy atom. The molecule has 4 aromatic rings. The van der Waals surface area contributed by atoms with Crippen LogP contribution in [0.2, 0.25) is 0 Å². The Kier molecular flexibility index (Phi) is 7.26. The van der Waals surface area contributed by atoms with Crippen LogP contribution in [0, 0.1) is 12.7 Å². The number of benzene rings is 3. The molecule has 0 aliphatic heterocycles. The lowest BCUT2D eigenvalue weighted by Gasteiger charge is -2.13. The first kappa shape index (κ1) is 22.4. The zero-order valence-electron chi connectivity index (χ0n) is 18.7. The third-order valence-electron chi connectivity index (χ3n) is 5.23. The average Bonchev–Trinajstić information content (AvgIpc) is 3.31. The van der Waals surface area contributed by atoms with E-state index in [1.165, 1.54) is 17.7 Å². The number of halogens is 1. The molecule has 0 atom stereocenters. The van der Waals surface area contributed by atoms with Crippen molar-refractivity contribution in [3.8, 4) is 17.2 Å². The fraction of sp³-hybridized carbons (Fsp3) is 0.240. The van der Waals surface area contributed by atoms with Crippen molar-refractivity contribution in [1.29, 1.82) is 0 Å². The number of ether oxygens (including phenoxy) is 2. The van der Waals surface area contributed by atoms with Gasteiger partial charge in [-0.1, -0.05) is 35.9 Å². The van der Waals surface area contributed by atoms with Gasteiger partial charge in [0.1, 0.15) is 5.82 Å². The SMILES string of the molecule is COc1cc(CNCCc2ccc(F)cc2)ccc1OCc1nnnn1-c1ccc(C)cc1. The number of methoxy groups -OCH3 is 1. The van der Waals surface area contributed by atoms with E-state index < -0.39 is 0 Å². The number of rotatable bonds is 10. The molecule has 0 saturated carbocycles. The Hall–Kier alpha value is -3.78. The van der Waals surface area contributed by atoms with Crippen molar-refractivity contribution >= 4 is 0 Å². The van der Waals surface area contributed by atoms with E-state index in [1.807, 2.05) is 49.4 Å². The van der Waals surface area contributed by atoms with Gasteiger partial charge >= 0.3 is 0 Å². The predicted octanol–water partition coefficient (Wildman–Crippen LogP) is 4.03. The standard InChI is InChI=1S/C25H26FN5O2/c1-18-3-10-22(11-4-18)31-25(28-29-30-31)17-33-23-12-7-20(15-24(23)32-2)16-27-14-13-19-5-8-21(26)9-6-19/h3-12,15,27H,13-14,16-17H2,1-2H3. The van der Waals surface area contributed by atoms with Crippen LogP contribution in [0.25, 0.3) is 5.69 Å². The molecule has 170 valence electrons. The van der Waals surface area contributed by atoms with Crippen LogP contribution in [-0.2, 0) is 19.6 Å². The number of hydrogen-bond donors (Lipinski definition) is 1. The van der Waals surface area contributed by atoms with Gasteiger partial charge in [-0.15, -0.1) is 5.10 Å². The lowest BCUT2D eigenvalue weighted by atomic mass is 10.1. The van der Waals surface area contributed by atoms with Crippen molar-refractivity contribution in [3.05, 3.63) is 95.1 Å². The molecule has 8 heteroatoms. The molecule has 0 saturated heterocycles. The molecule has 0 aliphatic carbocycles. The van der Waals surface area contributed by atoms with Crippen molar-refractivity contribution in [2.45, 2.75) is 26.5 Å². The van der Waals surface area contributed by atoms with Crippen LogP contribution in [0.1, 0.15) is 22.5 Å². The third kappa shape index (κ3) is 5.93. The Morgan fingerprint density at radius 3 is 2.45 bits per heavy atom. The van der Waals surface area contributed by atoms with E-state index in [-0.39, 0.29) is 12.4 Å². The number of nitrogens with zero attached hydrogens (tertiary/aromatic N) is 4. The van der Waals surface area contributed by atoms with E-state index in [9.17, 15) is 4.39 Å². The summed E-state index contributed by atoms with van der Waals surface area (Å²) >= 11 is 0. The van der Waals surface area contributed by atoms with Crippen molar-refractivity contribution in [2.24, 2.45) is 0 Å². The highest BCUT2D eigenvalue weighted by molar-refractivity contribution is 5.43. The van der Waals surface area contributed by atoms with E-state index in [0.717, 1.165) is 29.8 Å². The van der Waals surface area contributed by atoms with Crippen LogP contribution in [-0.4, -0.2) is 33.9 Å². The van der Waals surface area contributed by atoms with Gasteiger partial charge in [0, 0.05) is 6.54 Å². The van der Waals surface area contributed by atoms with Crippen LogP contribution >= 0.6 is 0 Å². The summed E-state index contributed by atoms with van der Waals surface area (Å²) in [6.45, 7) is 3.70. The maximum Gasteiger partial charge on any atom is 0.194 e. The minimum atomic E-state index is -0.215. The molecule has 1 heterocycles. The van der Waals surface area contributed by atoms with Gasteiger partial charge in [-0.25, -0.2) is 4.39 Å². The summed E-state index contributed by atoms with van der Waals surface area (Å²) in [5.74, 6) is 1.63. The number of hydrogen-bond acceptors (Lipinski definition) is 6. The molecule has 0 bridgehead atoms. The molecular formula is C25H26FN5O2. The molecule has 4 rings (SSSR count). The number of nitrogens with one attached hydrogen (secondary N) is 1. The van der Waals surface area contributed by atoms with Crippen LogP contribution in [0.5, 0.6) is 11.5 Å². The summed E-state index contributed by atoms with van der Waals surface area (Å²) in [6, 6.07) is 20.4. The second-order valence-corrected chi connectivity index (χ2v) is 7.67. The van der Waals surface area contributed by atoms with Gasteiger partial charge in [0.05, 0.1) is 12.8 Å². The molecule has 0 aliphatic rings. The normalized spacial score (nSPS) is 10.9. The molecule has 0 fully saturated rings. The molecule has 0 amide bonds. The Labute approximate surface area is 192 Å². The number of aryl methyl sites for hydroxylation is 1. The third-order valence-corrected chi connectivity index (χ3v) is 5.23. The molecule has 33 heavy (non-hydrogen) atoms. The zero-order valence-corrected chi connectivity index (χ0v) is 18.7. The monoisotopic (exact) mass is 447 g/mol. The topological polar surface area (TPSA) is 74.1 Å².